The molecule has 34 heavy (non-hydrogen) atoms. The Bertz CT molecular complexity index is 1100. The van der Waals surface area contributed by atoms with Crippen LogP contribution >= 0.6 is 0 Å². The minimum Gasteiger partial charge on any atom is -0.462 e. The van der Waals surface area contributed by atoms with Gasteiger partial charge in [-0.2, -0.15) is 13.2 Å². The molecule has 5 unspecified atom stereocenters. The minimum atomic E-state index is -4.40. The van der Waals surface area contributed by atoms with Gasteiger partial charge in [0, 0.05) is 17.7 Å². The molecule has 4 nitrogen and oxygen atoms in total. The van der Waals surface area contributed by atoms with Crippen LogP contribution in [0, 0.1) is 23.7 Å². The fourth-order valence-corrected chi connectivity index (χ4v) is 6.43. The smallest absolute Gasteiger partial charge is 0.416 e. The Morgan fingerprint density at radius 1 is 1.15 bits per heavy atom. The Balaban J connectivity index is 1.42. The maximum Gasteiger partial charge on any atom is 0.416 e. The molecule has 3 fully saturated rings. The highest BCUT2D eigenvalue weighted by Gasteiger charge is 2.61. The number of pyridine rings is 1. The molecule has 1 aromatic carbocycles. The number of aromatic nitrogens is 1. The first-order valence-corrected chi connectivity index (χ1v) is 11.9. The van der Waals surface area contributed by atoms with Crippen molar-refractivity contribution in [3.05, 3.63) is 59.9 Å². The molecule has 2 aromatic rings. The number of aliphatic hydroxyl groups is 1. The van der Waals surface area contributed by atoms with Crippen LogP contribution in [-0.4, -0.2) is 27.8 Å². The first kappa shape index (κ1) is 23.1. The first-order chi connectivity index (χ1) is 16.2. The first-order valence-electron chi connectivity index (χ1n) is 11.9. The second kappa shape index (κ2) is 8.52. The van der Waals surface area contributed by atoms with E-state index >= 15 is 0 Å². The molecule has 1 saturated heterocycles. The molecule has 1 N–H and O–H groups in total. The molecule has 0 amide bonds. The third-order valence-electron chi connectivity index (χ3n) is 7.97. The Kier molecular flexibility index (Phi) is 5.79. The Labute approximate surface area is 196 Å². The maximum absolute atomic E-state index is 13.0. The summed E-state index contributed by atoms with van der Waals surface area (Å²) in [6, 6.07) is 8.61. The summed E-state index contributed by atoms with van der Waals surface area (Å²) in [7, 11) is 0. The van der Waals surface area contributed by atoms with Crippen molar-refractivity contribution >= 4 is 12.0 Å². The molecule has 5 rings (SSSR count). The zero-order valence-corrected chi connectivity index (χ0v) is 19.0. The molecule has 1 aromatic heterocycles. The van der Waals surface area contributed by atoms with Crippen LogP contribution < -0.4 is 0 Å². The van der Waals surface area contributed by atoms with Gasteiger partial charge < -0.3 is 9.84 Å². The van der Waals surface area contributed by atoms with Crippen LogP contribution in [0.15, 0.2) is 48.7 Å². The highest BCUT2D eigenvalue weighted by Crippen LogP contribution is 2.55. The number of hydrogen-bond acceptors (Lipinski definition) is 4. The van der Waals surface area contributed by atoms with Crippen LogP contribution in [0.2, 0.25) is 0 Å². The molecule has 7 heteroatoms. The predicted octanol–water partition coefficient (Wildman–Crippen LogP) is 5.90. The molecular formula is C27H28F3NO3. The molecule has 2 aliphatic carbocycles. The minimum absolute atomic E-state index is 0.0695. The molecule has 3 aliphatic rings. The van der Waals surface area contributed by atoms with Gasteiger partial charge in [-0.1, -0.05) is 43.5 Å². The standard InChI is InChI=1S/C27H28F3NO3/c1-16-24-22(25(32)34-16)14-18-5-2-3-8-23(18)26(24,33)12-11-21-10-9-19(15-31-21)17-6-4-7-20(13-17)27(28,29)30/h4,6-7,9-13,15-16,18,22-24,33H,2-3,5,8,14H2,1H3/t16-,18?,22?,23?,24?,26?/m1/s1. The van der Waals surface area contributed by atoms with E-state index in [-0.39, 0.29) is 29.8 Å². The predicted molar refractivity (Wildman–Crippen MR) is 121 cm³/mol. The highest BCUT2D eigenvalue weighted by molar-refractivity contribution is 5.76. The van der Waals surface area contributed by atoms with Gasteiger partial charge in [-0.3, -0.25) is 9.78 Å². The van der Waals surface area contributed by atoms with Crippen LogP contribution in [-0.2, 0) is 15.7 Å². The number of benzene rings is 1. The number of halogens is 3. The van der Waals surface area contributed by atoms with Crippen molar-refractivity contribution in [1.29, 1.82) is 0 Å². The largest absolute Gasteiger partial charge is 0.462 e. The van der Waals surface area contributed by atoms with E-state index in [0.717, 1.165) is 44.2 Å². The lowest BCUT2D eigenvalue weighted by molar-refractivity contribution is -0.145. The third kappa shape index (κ3) is 4.04. The number of ether oxygens (including phenoxy) is 1. The van der Waals surface area contributed by atoms with E-state index in [2.05, 4.69) is 4.98 Å². The summed E-state index contributed by atoms with van der Waals surface area (Å²) in [5, 5.41) is 12.0. The highest BCUT2D eigenvalue weighted by atomic mass is 19.4. The number of hydrogen-bond donors (Lipinski definition) is 1. The van der Waals surface area contributed by atoms with Crippen molar-refractivity contribution < 1.29 is 27.8 Å². The number of carbonyl (C=O) groups excluding carboxylic acids is 1. The lowest BCUT2D eigenvalue weighted by Gasteiger charge is -2.51. The van der Waals surface area contributed by atoms with Crippen LogP contribution in [0.5, 0.6) is 0 Å². The summed E-state index contributed by atoms with van der Waals surface area (Å²) in [5.74, 6) is -0.434. The van der Waals surface area contributed by atoms with Crippen LogP contribution in [0.1, 0.15) is 50.3 Å². The monoisotopic (exact) mass is 471 g/mol. The molecule has 1 aliphatic heterocycles. The molecule has 0 bridgehead atoms. The Hall–Kier alpha value is -2.67. The molecule has 2 saturated carbocycles. The van der Waals surface area contributed by atoms with Crippen molar-refractivity contribution in [3.63, 3.8) is 0 Å². The van der Waals surface area contributed by atoms with Gasteiger partial charge in [0.05, 0.1) is 22.8 Å². The third-order valence-corrected chi connectivity index (χ3v) is 7.97. The van der Waals surface area contributed by atoms with Gasteiger partial charge in [-0.15, -0.1) is 0 Å². The molecule has 2 heterocycles. The molecular weight excluding hydrogens is 443 g/mol. The second-order valence-electron chi connectivity index (χ2n) is 9.93. The van der Waals surface area contributed by atoms with E-state index in [1.54, 1.807) is 30.4 Å². The van der Waals surface area contributed by atoms with Crippen LogP contribution in [0.4, 0.5) is 13.2 Å². The van der Waals surface area contributed by atoms with Gasteiger partial charge in [0.15, 0.2) is 0 Å². The lowest BCUT2D eigenvalue weighted by atomic mass is 9.55. The van der Waals surface area contributed by atoms with Crippen LogP contribution in [0.25, 0.3) is 17.2 Å². The molecule has 180 valence electrons. The molecule has 0 spiro atoms. The SMILES string of the molecule is C[C@H]1OC(=O)C2CC3CCCCC3C(O)(C=Cc3ccc(-c4cccc(C(F)(F)F)c4)cn3)C21. The maximum atomic E-state index is 13.0. The molecule has 0 radical (unpaired) electrons. The second-order valence-corrected chi connectivity index (χ2v) is 9.93. The number of rotatable bonds is 3. The van der Waals surface area contributed by atoms with E-state index in [9.17, 15) is 23.1 Å². The van der Waals surface area contributed by atoms with Gasteiger partial charge in [0.1, 0.15) is 6.10 Å². The number of fused-ring (bicyclic) bond motifs is 2. The van der Waals surface area contributed by atoms with E-state index in [1.165, 1.54) is 12.3 Å². The van der Waals surface area contributed by atoms with Crippen molar-refractivity contribution in [2.75, 3.05) is 0 Å². The summed E-state index contributed by atoms with van der Waals surface area (Å²) >= 11 is 0. The summed E-state index contributed by atoms with van der Waals surface area (Å²) in [5.41, 5.74) is -0.257. The van der Waals surface area contributed by atoms with Gasteiger partial charge >= 0.3 is 12.1 Å². The number of carbonyl (C=O) groups is 1. The number of cyclic esters (lactones) is 1. The summed E-state index contributed by atoms with van der Waals surface area (Å²) < 4.78 is 44.7. The van der Waals surface area contributed by atoms with Crippen molar-refractivity contribution in [1.82, 2.24) is 4.98 Å². The Morgan fingerprint density at radius 2 is 1.94 bits per heavy atom. The summed E-state index contributed by atoms with van der Waals surface area (Å²) in [6.45, 7) is 1.85. The zero-order chi connectivity index (χ0) is 24.1. The topological polar surface area (TPSA) is 59.4 Å². The van der Waals surface area contributed by atoms with Crippen molar-refractivity contribution in [2.45, 2.75) is 56.9 Å². The van der Waals surface area contributed by atoms with E-state index in [0.29, 0.717) is 22.7 Å². The summed E-state index contributed by atoms with van der Waals surface area (Å²) in [4.78, 5) is 16.9. The van der Waals surface area contributed by atoms with Gasteiger partial charge in [-0.25, -0.2) is 0 Å². The Morgan fingerprint density at radius 3 is 2.68 bits per heavy atom. The van der Waals surface area contributed by atoms with Gasteiger partial charge in [-0.05, 0) is 61.4 Å². The average molecular weight is 472 g/mol. The quantitative estimate of drug-likeness (QED) is 0.567. The zero-order valence-electron chi connectivity index (χ0n) is 19.0. The van der Waals surface area contributed by atoms with Gasteiger partial charge in [0.2, 0.25) is 0 Å². The molecule has 6 atom stereocenters. The lowest BCUT2D eigenvalue weighted by Crippen LogP contribution is -2.56. The van der Waals surface area contributed by atoms with Crippen molar-refractivity contribution in [3.8, 4) is 11.1 Å². The fraction of sp³-hybridized carbons (Fsp3) is 0.481. The van der Waals surface area contributed by atoms with E-state index in [1.807, 2.05) is 6.92 Å². The normalized spacial score (nSPS) is 33.4. The summed E-state index contributed by atoms with van der Waals surface area (Å²) in [6.07, 6.45) is 5.20. The number of nitrogens with zero attached hydrogens (tertiary/aromatic N) is 1. The van der Waals surface area contributed by atoms with E-state index in [4.69, 9.17) is 4.74 Å². The van der Waals surface area contributed by atoms with Gasteiger partial charge in [0.25, 0.3) is 0 Å². The number of esters is 1. The van der Waals surface area contributed by atoms with E-state index < -0.39 is 17.3 Å². The average Bonchev–Trinajstić information content (AvgIpc) is 3.11. The fourth-order valence-electron chi connectivity index (χ4n) is 6.43. The van der Waals surface area contributed by atoms with Crippen molar-refractivity contribution in [2.24, 2.45) is 23.7 Å². The number of alkyl halides is 3. The van der Waals surface area contributed by atoms with Crippen LogP contribution in [0.3, 0.4) is 0 Å².